The largest absolute Gasteiger partial charge is 0.444 e. The smallest absolute Gasteiger partial charge is 0.410 e. The summed E-state index contributed by atoms with van der Waals surface area (Å²) in [7, 11) is 0. The standard InChI is InChI=1S/C17H26N2O3/c1-17(2,3)22-16(21)19-10-8-18(9-11-19)12-14-4-6-15(13-20)7-5-14/h4-7,20H,8-13H2,1-3H3. The average molecular weight is 306 g/mol. The molecule has 1 aliphatic rings. The number of hydrogen-bond donors (Lipinski definition) is 1. The van der Waals surface area contributed by atoms with Gasteiger partial charge in [0.2, 0.25) is 0 Å². The molecule has 1 amide bonds. The van der Waals surface area contributed by atoms with Crippen LogP contribution in [0.4, 0.5) is 4.79 Å². The average Bonchev–Trinajstić information content (AvgIpc) is 2.47. The van der Waals surface area contributed by atoms with Crippen LogP contribution in [-0.2, 0) is 17.9 Å². The molecule has 1 aromatic carbocycles. The number of aliphatic hydroxyl groups is 1. The first kappa shape index (κ1) is 16.8. The Morgan fingerprint density at radius 3 is 2.14 bits per heavy atom. The molecule has 0 saturated carbocycles. The summed E-state index contributed by atoms with van der Waals surface area (Å²) in [5.41, 5.74) is 1.71. The van der Waals surface area contributed by atoms with Gasteiger partial charge >= 0.3 is 6.09 Å². The lowest BCUT2D eigenvalue weighted by Gasteiger charge is -2.35. The number of piperazine rings is 1. The molecular weight excluding hydrogens is 280 g/mol. The first-order valence-electron chi connectivity index (χ1n) is 7.76. The first-order chi connectivity index (χ1) is 10.4. The van der Waals surface area contributed by atoms with Crippen molar-refractivity contribution in [2.75, 3.05) is 26.2 Å². The van der Waals surface area contributed by atoms with Crippen LogP contribution < -0.4 is 0 Å². The molecule has 122 valence electrons. The SMILES string of the molecule is CC(C)(C)OC(=O)N1CCN(Cc2ccc(CO)cc2)CC1. The lowest BCUT2D eigenvalue weighted by molar-refractivity contribution is 0.0139. The number of benzene rings is 1. The Morgan fingerprint density at radius 2 is 1.64 bits per heavy atom. The van der Waals surface area contributed by atoms with Crippen molar-refractivity contribution in [3.8, 4) is 0 Å². The zero-order chi connectivity index (χ0) is 16.2. The summed E-state index contributed by atoms with van der Waals surface area (Å²) in [6, 6.07) is 8.00. The number of rotatable bonds is 3. The second kappa shape index (κ2) is 7.11. The highest BCUT2D eigenvalue weighted by molar-refractivity contribution is 5.68. The maximum Gasteiger partial charge on any atom is 0.410 e. The van der Waals surface area contributed by atoms with E-state index in [1.165, 1.54) is 5.56 Å². The van der Waals surface area contributed by atoms with Crippen LogP contribution >= 0.6 is 0 Å². The van der Waals surface area contributed by atoms with Gasteiger partial charge in [-0.3, -0.25) is 4.90 Å². The number of amides is 1. The van der Waals surface area contributed by atoms with Crippen molar-refractivity contribution in [1.29, 1.82) is 0 Å². The van der Waals surface area contributed by atoms with Crippen LogP contribution in [0.3, 0.4) is 0 Å². The zero-order valence-corrected chi connectivity index (χ0v) is 13.7. The zero-order valence-electron chi connectivity index (χ0n) is 13.7. The third-order valence-electron chi connectivity index (χ3n) is 3.64. The molecule has 1 saturated heterocycles. The molecule has 5 nitrogen and oxygen atoms in total. The molecule has 0 spiro atoms. The van der Waals surface area contributed by atoms with Gasteiger partial charge in [0, 0.05) is 32.7 Å². The molecule has 0 aliphatic carbocycles. The van der Waals surface area contributed by atoms with E-state index < -0.39 is 5.60 Å². The number of ether oxygens (including phenoxy) is 1. The monoisotopic (exact) mass is 306 g/mol. The van der Waals surface area contributed by atoms with E-state index in [1.54, 1.807) is 4.90 Å². The highest BCUT2D eigenvalue weighted by Crippen LogP contribution is 2.14. The number of carbonyl (C=O) groups is 1. The third-order valence-corrected chi connectivity index (χ3v) is 3.64. The molecule has 1 aromatic rings. The van der Waals surface area contributed by atoms with Crippen LogP contribution in [0.25, 0.3) is 0 Å². The topological polar surface area (TPSA) is 53.0 Å². The molecule has 0 bridgehead atoms. The minimum Gasteiger partial charge on any atom is -0.444 e. The highest BCUT2D eigenvalue weighted by Gasteiger charge is 2.25. The van der Waals surface area contributed by atoms with E-state index in [9.17, 15) is 4.79 Å². The molecule has 5 heteroatoms. The highest BCUT2D eigenvalue weighted by atomic mass is 16.6. The second-order valence-electron chi connectivity index (χ2n) is 6.72. The number of nitrogens with zero attached hydrogens (tertiary/aromatic N) is 2. The molecule has 1 fully saturated rings. The Morgan fingerprint density at radius 1 is 1.09 bits per heavy atom. The Kier molecular flexibility index (Phi) is 5.42. The number of hydrogen-bond acceptors (Lipinski definition) is 4. The molecule has 0 atom stereocenters. The first-order valence-corrected chi connectivity index (χ1v) is 7.76. The van der Waals surface area contributed by atoms with E-state index in [1.807, 2.05) is 45.0 Å². The van der Waals surface area contributed by atoms with Gasteiger partial charge in [0.1, 0.15) is 5.60 Å². The summed E-state index contributed by atoms with van der Waals surface area (Å²) in [4.78, 5) is 16.1. The lowest BCUT2D eigenvalue weighted by atomic mass is 10.1. The summed E-state index contributed by atoms with van der Waals surface area (Å²) in [6.45, 7) is 9.70. The van der Waals surface area contributed by atoms with Gasteiger partial charge in [-0.1, -0.05) is 24.3 Å². The third kappa shape index (κ3) is 5.00. The van der Waals surface area contributed by atoms with Gasteiger partial charge in [0.15, 0.2) is 0 Å². The summed E-state index contributed by atoms with van der Waals surface area (Å²) in [5, 5.41) is 9.05. The van der Waals surface area contributed by atoms with Crippen LogP contribution in [0.1, 0.15) is 31.9 Å². The van der Waals surface area contributed by atoms with Gasteiger partial charge in [0.05, 0.1) is 6.61 Å². The van der Waals surface area contributed by atoms with Gasteiger partial charge in [-0.2, -0.15) is 0 Å². The van der Waals surface area contributed by atoms with Crippen molar-refractivity contribution >= 4 is 6.09 Å². The minimum atomic E-state index is -0.442. The van der Waals surface area contributed by atoms with E-state index >= 15 is 0 Å². The van der Waals surface area contributed by atoms with E-state index in [4.69, 9.17) is 9.84 Å². The predicted molar refractivity (Wildman–Crippen MR) is 85.4 cm³/mol. The molecule has 0 aromatic heterocycles. The van der Waals surface area contributed by atoms with Crippen molar-refractivity contribution in [3.05, 3.63) is 35.4 Å². The van der Waals surface area contributed by atoms with Crippen molar-refractivity contribution in [2.24, 2.45) is 0 Å². The Bertz CT molecular complexity index is 486. The second-order valence-corrected chi connectivity index (χ2v) is 6.72. The summed E-state index contributed by atoms with van der Waals surface area (Å²) >= 11 is 0. The van der Waals surface area contributed by atoms with Gasteiger partial charge in [0.25, 0.3) is 0 Å². The molecule has 2 rings (SSSR count). The van der Waals surface area contributed by atoms with Crippen LogP contribution in [-0.4, -0.2) is 52.8 Å². The van der Waals surface area contributed by atoms with Crippen LogP contribution in [0, 0.1) is 0 Å². The van der Waals surface area contributed by atoms with Gasteiger partial charge in [-0.15, -0.1) is 0 Å². The maximum absolute atomic E-state index is 12.0. The fourth-order valence-electron chi connectivity index (χ4n) is 2.42. The fourth-order valence-corrected chi connectivity index (χ4v) is 2.42. The van der Waals surface area contributed by atoms with Crippen molar-refractivity contribution in [1.82, 2.24) is 9.80 Å². The molecule has 0 unspecified atom stereocenters. The van der Waals surface area contributed by atoms with Crippen LogP contribution in [0.2, 0.25) is 0 Å². The fraction of sp³-hybridized carbons (Fsp3) is 0.588. The number of aliphatic hydroxyl groups excluding tert-OH is 1. The summed E-state index contributed by atoms with van der Waals surface area (Å²) in [6.07, 6.45) is -0.223. The van der Waals surface area contributed by atoms with Crippen LogP contribution in [0.15, 0.2) is 24.3 Å². The molecule has 1 heterocycles. The van der Waals surface area contributed by atoms with Crippen molar-refractivity contribution in [2.45, 2.75) is 39.5 Å². The van der Waals surface area contributed by atoms with Gasteiger partial charge < -0.3 is 14.7 Å². The van der Waals surface area contributed by atoms with E-state index in [2.05, 4.69) is 4.90 Å². The lowest BCUT2D eigenvalue weighted by Crippen LogP contribution is -2.49. The van der Waals surface area contributed by atoms with Crippen LogP contribution in [0.5, 0.6) is 0 Å². The molecule has 0 radical (unpaired) electrons. The minimum absolute atomic E-state index is 0.0782. The van der Waals surface area contributed by atoms with E-state index in [0.29, 0.717) is 13.1 Å². The van der Waals surface area contributed by atoms with Crippen molar-refractivity contribution in [3.63, 3.8) is 0 Å². The summed E-state index contributed by atoms with van der Waals surface area (Å²) < 4.78 is 5.40. The van der Waals surface area contributed by atoms with E-state index in [-0.39, 0.29) is 12.7 Å². The molecule has 1 aliphatic heterocycles. The Labute approximate surface area is 132 Å². The Balaban J connectivity index is 1.80. The molecular formula is C17H26N2O3. The molecule has 22 heavy (non-hydrogen) atoms. The van der Waals surface area contributed by atoms with E-state index in [0.717, 1.165) is 25.2 Å². The normalized spacial score (nSPS) is 16.6. The quantitative estimate of drug-likeness (QED) is 0.930. The van der Waals surface area contributed by atoms with Gasteiger partial charge in [-0.05, 0) is 31.9 Å². The van der Waals surface area contributed by atoms with Crippen molar-refractivity contribution < 1.29 is 14.6 Å². The summed E-state index contributed by atoms with van der Waals surface area (Å²) in [5.74, 6) is 0. The van der Waals surface area contributed by atoms with Gasteiger partial charge in [-0.25, -0.2) is 4.79 Å². The molecule has 1 N–H and O–H groups in total. The Hall–Kier alpha value is -1.59. The predicted octanol–water partition coefficient (Wildman–Crippen LogP) is 2.23. The number of carbonyl (C=O) groups excluding carboxylic acids is 1. The maximum atomic E-state index is 12.0.